The second-order valence-corrected chi connectivity index (χ2v) is 3.36. The third kappa shape index (κ3) is 1.17. The number of rotatable bonds is 0. The highest BCUT2D eigenvalue weighted by Crippen LogP contribution is 2.21. The lowest BCUT2D eigenvalue weighted by Crippen LogP contribution is -2.36. The first-order valence-corrected chi connectivity index (χ1v) is 4.33. The summed E-state index contributed by atoms with van der Waals surface area (Å²) in [6.07, 6.45) is 2.52. The van der Waals surface area contributed by atoms with Crippen LogP contribution in [0.15, 0.2) is 0 Å². The monoisotopic (exact) mass is 168 g/mol. The minimum Gasteiger partial charge on any atom is -0.347 e. The molecule has 1 atom stereocenters. The first-order chi connectivity index (χ1) is 5.77. The summed E-state index contributed by atoms with van der Waals surface area (Å²) in [6.45, 7) is 1.02. The highest BCUT2D eigenvalue weighted by Gasteiger charge is 2.32. The minimum atomic E-state index is 0.0118. The van der Waals surface area contributed by atoms with Crippen LogP contribution in [-0.4, -0.2) is 35.8 Å². The summed E-state index contributed by atoms with van der Waals surface area (Å²) in [4.78, 5) is 24.3. The smallest absolute Gasteiger partial charge is 0.242 e. The Labute approximate surface area is 70.9 Å². The summed E-state index contributed by atoms with van der Waals surface area (Å²) in [7, 11) is 0. The van der Waals surface area contributed by atoms with E-state index in [2.05, 4.69) is 5.32 Å². The van der Waals surface area contributed by atoms with E-state index in [0.717, 1.165) is 19.4 Å². The lowest BCUT2D eigenvalue weighted by Gasteiger charge is -2.19. The molecule has 0 aliphatic carbocycles. The van der Waals surface area contributed by atoms with Gasteiger partial charge in [-0.2, -0.15) is 0 Å². The van der Waals surface area contributed by atoms with Crippen LogP contribution in [0.1, 0.15) is 19.3 Å². The van der Waals surface area contributed by atoms with Crippen molar-refractivity contribution in [3.63, 3.8) is 0 Å². The van der Waals surface area contributed by atoms with Crippen LogP contribution < -0.4 is 5.32 Å². The van der Waals surface area contributed by atoms with E-state index in [-0.39, 0.29) is 24.4 Å². The van der Waals surface area contributed by atoms with Crippen LogP contribution >= 0.6 is 0 Å². The Morgan fingerprint density at radius 1 is 1.42 bits per heavy atom. The Kier molecular flexibility index (Phi) is 1.75. The molecule has 12 heavy (non-hydrogen) atoms. The van der Waals surface area contributed by atoms with E-state index in [0.29, 0.717) is 6.42 Å². The van der Waals surface area contributed by atoms with Crippen molar-refractivity contribution < 1.29 is 9.59 Å². The van der Waals surface area contributed by atoms with Crippen LogP contribution in [0.25, 0.3) is 0 Å². The zero-order valence-electron chi connectivity index (χ0n) is 6.88. The van der Waals surface area contributed by atoms with E-state index in [1.807, 2.05) is 4.90 Å². The van der Waals surface area contributed by atoms with Crippen molar-refractivity contribution in [3.8, 4) is 0 Å². The van der Waals surface area contributed by atoms with Crippen molar-refractivity contribution in [2.24, 2.45) is 0 Å². The summed E-state index contributed by atoms with van der Waals surface area (Å²) < 4.78 is 0. The molecule has 0 unspecified atom stereocenters. The molecule has 2 saturated heterocycles. The van der Waals surface area contributed by atoms with Gasteiger partial charge in [0.1, 0.15) is 0 Å². The van der Waals surface area contributed by atoms with Crippen LogP contribution in [0.5, 0.6) is 0 Å². The van der Waals surface area contributed by atoms with Gasteiger partial charge in [-0.05, 0) is 12.8 Å². The maximum atomic E-state index is 11.4. The predicted octanol–water partition coefficient (Wildman–Crippen LogP) is -0.503. The summed E-state index contributed by atoms with van der Waals surface area (Å²) in [5, 5.41) is 2.59. The number of nitrogens with one attached hydrogen (secondary N) is 1. The van der Waals surface area contributed by atoms with Gasteiger partial charge >= 0.3 is 0 Å². The topological polar surface area (TPSA) is 49.4 Å². The molecule has 2 heterocycles. The zero-order valence-corrected chi connectivity index (χ0v) is 6.88. The van der Waals surface area contributed by atoms with E-state index >= 15 is 0 Å². The Morgan fingerprint density at radius 3 is 3.08 bits per heavy atom. The van der Waals surface area contributed by atoms with Crippen LogP contribution in [0.3, 0.4) is 0 Å². The van der Waals surface area contributed by atoms with Crippen molar-refractivity contribution in [2.75, 3.05) is 13.1 Å². The van der Waals surface area contributed by atoms with Gasteiger partial charge in [0.25, 0.3) is 0 Å². The number of hydrogen-bond acceptors (Lipinski definition) is 2. The van der Waals surface area contributed by atoms with Gasteiger partial charge in [-0.15, -0.1) is 0 Å². The molecule has 0 saturated carbocycles. The van der Waals surface area contributed by atoms with Gasteiger partial charge in [-0.25, -0.2) is 0 Å². The molecule has 0 spiro atoms. The fourth-order valence-electron chi connectivity index (χ4n) is 1.94. The van der Waals surface area contributed by atoms with Gasteiger partial charge in [0.2, 0.25) is 11.8 Å². The molecule has 4 nitrogen and oxygen atoms in total. The fraction of sp³-hybridized carbons (Fsp3) is 0.750. The summed E-state index contributed by atoms with van der Waals surface area (Å²) in [5.41, 5.74) is 0. The van der Waals surface area contributed by atoms with E-state index < -0.39 is 0 Å². The molecule has 0 aromatic heterocycles. The second-order valence-electron chi connectivity index (χ2n) is 3.36. The first-order valence-electron chi connectivity index (χ1n) is 4.33. The number of hydrogen-bond donors (Lipinski definition) is 1. The van der Waals surface area contributed by atoms with Crippen molar-refractivity contribution in [3.05, 3.63) is 0 Å². The van der Waals surface area contributed by atoms with E-state index in [1.165, 1.54) is 0 Å². The second kappa shape index (κ2) is 2.77. The number of fused-ring (bicyclic) bond motifs is 1. The SMILES string of the molecule is O=C1C[C@@H]2CCCN2C(=O)CN1. The standard InChI is InChI=1S/C8H12N2O2/c11-7-4-6-2-1-3-10(6)8(12)5-9-7/h6H,1-5H2,(H,9,11)/t6-/m0/s1. The molecular weight excluding hydrogens is 156 g/mol. The van der Waals surface area contributed by atoms with Crippen LogP contribution in [0, 0.1) is 0 Å². The van der Waals surface area contributed by atoms with Crippen LogP contribution in [0.4, 0.5) is 0 Å². The third-order valence-corrected chi connectivity index (χ3v) is 2.56. The maximum absolute atomic E-state index is 11.4. The number of carbonyl (C=O) groups excluding carboxylic acids is 2. The Hall–Kier alpha value is -1.06. The first kappa shape index (κ1) is 7.58. The quantitative estimate of drug-likeness (QED) is 0.530. The van der Waals surface area contributed by atoms with Crippen LogP contribution in [-0.2, 0) is 9.59 Å². The molecule has 2 aliphatic rings. The van der Waals surface area contributed by atoms with Gasteiger partial charge in [-0.1, -0.05) is 0 Å². The van der Waals surface area contributed by atoms with Crippen molar-refractivity contribution in [1.82, 2.24) is 10.2 Å². The number of nitrogens with zero attached hydrogens (tertiary/aromatic N) is 1. The molecule has 66 valence electrons. The predicted molar refractivity (Wildman–Crippen MR) is 42.4 cm³/mol. The molecule has 4 heteroatoms. The largest absolute Gasteiger partial charge is 0.347 e. The molecule has 2 amide bonds. The number of carbonyl (C=O) groups is 2. The molecule has 0 radical (unpaired) electrons. The average Bonchev–Trinajstić information content (AvgIpc) is 2.44. The summed E-state index contributed by atoms with van der Waals surface area (Å²) >= 11 is 0. The maximum Gasteiger partial charge on any atom is 0.242 e. The van der Waals surface area contributed by atoms with E-state index in [4.69, 9.17) is 0 Å². The Morgan fingerprint density at radius 2 is 2.25 bits per heavy atom. The molecule has 2 rings (SSSR count). The molecule has 0 aromatic carbocycles. The fourth-order valence-corrected chi connectivity index (χ4v) is 1.94. The Balaban J connectivity index is 2.15. The lowest BCUT2D eigenvalue weighted by molar-refractivity contribution is -0.130. The van der Waals surface area contributed by atoms with Crippen LogP contribution in [0.2, 0.25) is 0 Å². The van der Waals surface area contributed by atoms with Gasteiger partial charge in [-0.3, -0.25) is 9.59 Å². The average molecular weight is 168 g/mol. The van der Waals surface area contributed by atoms with Gasteiger partial charge < -0.3 is 10.2 Å². The van der Waals surface area contributed by atoms with Gasteiger partial charge in [0.05, 0.1) is 6.54 Å². The Bertz CT molecular complexity index is 227. The van der Waals surface area contributed by atoms with Crippen molar-refractivity contribution in [2.45, 2.75) is 25.3 Å². The van der Waals surface area contributed by atoms with Crippen molar-refractivity contribution in [1.29, 1.82) is 0 Å². The van der Waals surface area contributed by atoms with E-state index in [1.54, 1.807) is 0 Å². The highest BCUT2D eigenvalue weighted by molar-refractivity contribution is 5.88. The minimum absolute atomic E-state index is 0.0118. The normalized spacial score (nSPS) is 29.7. The van der Waals surface area contributed by atoms with Gasteiger partial charge in [0.15, 0.2) is 0 Å². The van der Waals surface area contributed by atoms with Crippen molar-refractivity contribution >= 4 is 11.8 Å². The lowest BCUT2D eigenvalue weighted by atomic mass is 10.1. The molecular formula is C8H12N2O2. The summed E-state index contributed by atoms with van der Waals surface area (Å²) in [6, 6.07) is 0.181. The van der Waals surface area contributed by atoms with Gasteiger partial charge in [0, 0.05) is 19.0 Å². The third-order valence-electron chi connectivity index (χ3n) is 2.56. The molecule has 1 N–H and O–H groups in total. The molecule has 0 bridgehead atoms. The number of amides is 2. The summed E-state index contributed by atoms with van der Waals surface area (Å²) in [5.74, 6) is 0.0844. The zero-order chi connectivity index (χ0) is 8.55. The molecule has 2 fully saturated rings. The molecule has 2 aliphatic heterocycles. The molecule has 0 aromatic rings. The van der Waals surface area contributed by atoms with E-state index in [9.17, 15) is 9.59 Å². The highest BCUT2D eigenvalue weighted by atomic mass is 16.2.